The highest BCUT2D eigenvalue weighted by Gasteiger charge is 2.46. The van der Waals surface area contributed by atoms with Crippen molar-refractivity contribution in [1.82, 2.24) is 36.5 Å². The molecule has 3 heterocycles. The van der Waals surface area contributed by atoms with Gasteiger partial charge in [-0.25, -0.2) is 45.0 Å². The third kappa shape index (κ3) is 15.6. The molecule has 0 atom stereocenters. The van der Waals surface area contributed by atoms with Crippen molar-refractivity contribution >= 4 is 120 Å². The molecule has 3 saturated heterocycles. The number of nitrogens with zero attached hydrogens (tertiary/aromatic N) is 3. The molecule has 3 aliphatic rings. The van der Waals surface area contributed by atoms with Gasteiger partial charge in [-0.1, -0.05) is 0 Å². The second-order valence-corrected chi connectivity index (χ2v) is 23.0. The van der Waals surface area contributed by atoms with E-state index in [1.165, 1.54) is 58.2 Å². The maximum Gasteiger partial charge on any atom is 0.256 e. The summed E-state index contributed by atoms with van der Waals surface area (Å²) in [5.74, 6) is -11.3. The van der Waals surface area contributed by atoms with E-state index in [4.69, 9.17) is 5.21 Å². The average Bonchev–Trinajstić information content (AvgIpc) is 3.47. The molecule has 0 spiro atoms. The number of aliphatic hydroxyl groups is 3. The normalized spacial score (nSPS) is 15.3. The van der Waals surface area contributed by atoms with Crippen molar-refractivity contribution < 1.29 is 79.3 Å². The minimum Gasteiger partial charge on any atom is -0.385 e. The Bertz CT molecular complexity index is 3250. The van der Waals surface area contributed by atoms with Crippen LogP contribution in [0, 0.1) is 63.1 Å². The summed E-state index contributed by atoms with van der Waals surface area (Å²) in [6.07, 6.45) is 0. The van der Waals surface area contributed by atoms with Crippen molar-refractivity contribution in [3.05, 3.63) is 171 Å². The molecule has 444 valence electrons. The molecule has 6 aromatic carbocycles. The lowest BCUT2D eigenvalue weighted by Crippen LogP contribution is -2.68. The zero-order valence-corrected chi connectivity index (χ0v) is 49.8. The number of hydrogen-bond acceptors (Lipinski definition) is 15. The Balaban J connectivity index is 0.000000179. The van der Waals surface area contributed by atoms with Crippen LogP contribution in [0.5, 0.6) is 0 Å². The van der Waals surface area contributed by atoms with Crippen LogP contribution in [0.15, 0.2) is 91.0 Å². The highest BCUT2D eigenvalue weighted by Crippen LogP contribution is 2.35. The fraction of sp³-hybridized carbons (Fsp3) is 0.264. The van der Waals surface area contributed by atoms with Gasteiger partial charge >= 0.3 is 0 Å². The van der Waals surface area contributed by atoms with Gasteiger partial charge in [-0.2, -0.15) is 5.48 Å². The van der Waals surface area contributed by atoms with E-state index < -0.39 is 104 Å². The van der Waals surface area contributed by atoms with Crippen molar-refractivity contribution in [1.29, 1.82) is 0 Å². The molecule has 3 fully saturated rings. The highest BCUT2D eigenvalue weighted by atomic mass is 127. The SMILES string of the molecule is CNNCC1(O)CN(C(=O)c2ccc(F)c(F)c2Nc2ccc(I)cc2F)C1.CONCC1(O)CN(C(=O)c2ccc(F)c(F)c2Nc2ccc(I)cc2F)C1.O=C(c1ccc(F)c(F)c1Nc1ccc(I)cc1F)N1CC(O)(CNO)C1. The molecule has 3 amide bonds. The monoisotopic (exact) mass is 1510 g/mol. The van der Waals surface area contributed by atoms with Gasteiger partial charge in [-0.15, -0.1) is 0 Å². The Hall–Kier alpha value is -5.67. The molecule has 0 aromatic heterocycles. The van der Waals surface area contributed by atoms with Crippen LogP contribution in [0.3, 0.4) is 0 Å². The van der Waals surface area contributed by atoms with Gasteiger partial charge in [0.1, 0.15) is 34.3 Å². The lowest BCUT2D eigenvalue weighted by molar-refractivity contribution is -0.0992. The standard InChI is InChI=1S/C18H18F3IN4O2.C18H17F3IN3O3.C17H15F3IN3O3/c1-23-24-7-18(28)8-26(9-18)17(27)11-3-4-12(19)15(21)16(11)25-14-5-2-10(22)6-13(14)20;1-28-23-7-18(27)8-25(9-18)17(26)11-3-4-12(19)15(21)16(11)24-14-5-2-10(22)6-13(14)20;18-11-3-2-10(16(25)24-7-17(26,8-24)6-22-27)15(14(11)20)23-13-4-1-9(21)5-12(13)19/h2-6,23-25,28H,7-9H2,1H3;2-6,23-24,27H,7-9H2,1H3;1-5,22-23,26-27H,6-8H2. The van der Waals surface area contributed by atoms with E-state index in [0.717, 1.165) is 36.4 Å². The van der Waals surface area contributed by atoms with E-state index in [1.54, 1.807) is 25.2 Å². The van der Waals surface area contributed by atoms with Crippen molar-refractivity contribution in [2.75, 3.05) is 89.0 Å². The molecule has 18 nitrogen and oxygen atoms in total. The topological polar surface area (TPSA) is 235 Å². The fourth-order valence-corrected chi connectivity index (χ4v) is 9.97. The predicted octanol–water partition coefficient (Wildman–Crippen LogP) is 7.77. The van der Waals surface area contributed by atoms with Gasteiger partial charge in [0.05, 0.1) is 110 Å². The molecule has 0 unspecified atom stereocenters. The van der Waals surface area contributed by atoms with Gasteiger partial charge in [0.15, 0.2) is 34.9 Å². The first-order chi connectivity index (χ1) is 39.2. The number of hydrogen-bond donors (Lipinski definition) is 11. The van der Waals surface area contributed by atoms with Crippen molar-refractivity contribution in [2.24, 2.45) is 0 Å². The number of β-amino-alcohol motifs (C(OH)–C–C–N with tert-alkyl or cyclic N) is 3. The van der Waals surface area contributed by atoms with Crippen LogP contribution < -0.4 is 37.8 Å². The number of nitrogens with one attached hydrogen (secondary N) is 7. The minimum atomic E-state index is -1.31. The number of carbonyl (C=O) groups is 3. The Morgan fingerprint density at radius 2 is 0.783 bits per heavy atom. The molecule has 83 heavy (non-hydrogen) atoms. The predicted molar refractivity (Wildman–Crippen MR) is 311 cm³/mol. The Kier molecular flexibility index (Phi) is 21.6. The maximum absolute atomic E-state index is 14.4. The van der Waals surface area contributed by atoms with Gasteiger partial charge in [0, 0.05) is 17.3 Å². The quantitative estimate of drug-likeness (QED) is 0.0238. The molecule has 3 aliphatic heterocycles. The Morgan fingerprint density at radius 1 is 0.482 bits per heavy atom. The van der Waals surface area contributed by atoms with Gasteiger partial charge < -0.3 is 56.0 Å². The average molecular weight is 1510 g/mol. The second kappa shape index (κ2) is 27.6. The summed E-state index contributed by atoms with van der Waals surface area (Å²) in [6.45, 7) is -0.0161. The third-order valence-corrected chi connectivity index (χ3v) is 14.9. The smallest absolute Gasteiger partial charge is 0.256 e. The molecule has 9 rings (SSSR count). The number of halogens is 12. The van der Waals surface area contributed by atoms with E-state index in [2.05, 4.69) is 37.1 Å². The largest absolute Gasteiger partial charge is 0.385 e. The number of hydrazine groups is 1. The van der Waals surface area contributed by atoms with Crippen molar-refractivity contribution in [2.45, 2.75) is 16.8 Å². The van der Waals surface area contributed by atoms with Crippen LogP contribution in [-0.2, 0) is 4.84 Å². The summed E-state index contributed by atoms with van der Waals surface area (Å²) in [5.41, 5.74) is 3.95. The van der Waals surface area contributed by atoms with Gasteiger partial charge in [0.25, 0.3) is 17.7 Å². The summed E-state index contributed by atoms with van der Waals surface area (Å²) in [4.78, 5) is 46.6. The van der Waals surface area contributed by atoms with Crippen LogP contribution in [0.2, 0.25) is 0 Å². The number of benzene rings is 6. The zero-order chi connectivity index (χ0) is 60.7. The summed E-state index contributed by atoms with van der Waals surface area (Å²) >= 11 is 5.74. The number of hydroxylamine groups is 2. The Morgan fingerprint density at radius 3 is 1.06 bits per heavy atom. The molecular formula is C53H50F9I3N10O8. The zero-order valence-electron chi connectivity index (χ0n) is 43.3. The van der Waals surface area contributed by atoms with E-state index in [1.807, 2.05) is 73.3 Å². The van der Waals surface area contributed by atoms with E-state index in [9.17, 15) is 69.2 Å². The molecule has 6 aromatic rings. The summed E-state index contributed by atoms with van der Waals surface area (Å²) < 4.78 is 129. The van der Waals surface area contributed by atoms with Crippen LogP contribution in [-0.4, -0.2) is 143 Å². The molecular weight excluding hydrogens is 1460 g/mol. The number of anilines is 6. The molecule has 0 bridgehead atoms. The summed E-state index contributed by atoms with van der Waals surface area (Å²) in [7, 11) is 3.04. The van der Waals surface area contributed by atoms with Crippen LogP contribution in [0.4, 0.5) is 73.6 Å². The minimum absolute atomic E-state index is 0.0154. The molecule has 0 radical (unpaired) electrons. The van der Waals surface area contributed by atoms with Crippen molar-refractivity contribution in [3.63, 3.8) is 0 Å². The number of likely N-dealkylation sites (tertiary alicyclic amines) is 3. The first-order valence-electron chi connectivity index (χ1n) is 24.4. The molecule has 30 heteroatoms. The van der Waals surface area contributed by atoms with Crippen LogP contribution in [0.1, 0.15) is 31.1 Å². The maximum atomic E-state index is 14.4. The number of amides is 3. The number of rotatable bonds is 17. The first-order valence-corrected chi connectivity index (χ1v) is 27.6. The molecule has 0 saturated carbocycles. The van der Waals surface area contributed by atoms with Crippen LogP contribution >= 0.6 is 67.8 Å². The Labute approximate surface area is 508 Å². The van der Waals surface area contributed by atoms with Gasteiger partial charge in [-0.3, -0.25) is 25.2 Å². The lowest BCUT2D eigenvalue weighted by atomic mass is 9.93. The van der Waals surface area contributed by atoms with Crippen molar-refractivity contribution in [3.8, 4) is 0 Å². The van der Waals surface area contributed by atoms with Gasteiger partial charge in [0.2, 0.25) is 0 Å². The summed E-state index contributed by atoms with van der Waals surface area (Å²) in [5, 5.41) is 46.6. The lowest BCUT2D eigenvalue weighted by Gasteiger charge is -2.46. The number of carbonyl (C=O) groups excluding carboxylic acids is 3. The first kappa shape index (κ1) is 64.9. The van der Waals surface area contributed by atoms with E-state index >= 15 is 0 Å². The van der Waals surface area contributed by atoms with Crippen LogP contribution in [0.25, 0.3) is 0 Å². The second-order valence-electron chi connectivity index (χ2n) is 19.2. The molecule has 11 N–H and O–H groups in total. The van der Waals surface area contributed by atoms with E-state index in [0.29, 0.717) is 10.7 Å². The third-order valence-electron chi connectivity index (χ3n) is 12.9. The van der Waals surface area contributed by atoms with E-state index in [-0.39, 0.29) is 92.7 Å². The summed E-state index contributed by atoms with van der Waals surface area (Å²) in [6, 6.07) is 18.3. The fourth-order valence-electron chi connectivity index (χ4n) is 8.61. The molecule has 0 aliphatic carbocycles. The highest BCUT2D eigenvalue weighted by molar-refractivity contribution is 14.1. The van der Waals surface area contributed by atoms with Gasteiger partial charge in [-0.05, 0) is 166 Å².